The van der Waals surface area contributed by atoms with Gasteiger partial charge in [-0.25, -0.2) is 4.98 Å². The average molecular weight is 470 g/mol. The van der Waals surface area contributed by atoms with E-state index in [1.807, 2.05) is 35.2 Å². The third-order valence-corrected chi connectivity index (χ3v) is 7.41. The minimum Gasteiger partial charge on any atom is -0.381 e. The summed E-state index contributed by atoms with van der Waals surface area (Å²) in [7, 11) is 0. The minimum absolute atomic E-state index is 0.0846. The predicted octanol–water partition coefficient (Wildman–Crippen LogP) is 4.74. The van der Waals surface area contributed by atoms with Crippen LogP contribution in [-0.2, 0) is 11.2 Å². The van der Waals surface area contributed by atoms with Gasteiger partial charge < -0.3 is 9.64 Å². The third kappa shape index (κ3) is 4.71. The number of rotatable bonds is 5. The van der Waals surface area contributed by atoms with Crippen LogP contribution in [0.15, 0.2) is 36.4 Å². The number of aromatic amines is 1. The molecule has 2 saturated heterocycles. The summed E-state index contributed by atoms with van der Waals surface area (Å²) < 4.78 is 5.49. The molecule has 5 rings (SSSR count). The molecule has 3 heterocycles. The van der Waals surface area contributed by atoms with E-state index >= 15 is 0 Å². The summed E-state index contributed by atoms with van der Waals surface area (Å²) in [5.74, 6) is 2.25. The Morgan fingerprint density at radius 3 is 2.60 bits per heavy atom. The summed E-state index contributed by atoms with van der Waals surface area (Å²) in [6.07, 6.45) is 3.59. The molecule has 0 spiro atoms. The predicted molar refractivity (Wildman–Crippen MR) is 133 cm³/mol. The number of carbonyl (C=O) groups is 1. The van der Waals surface area contributed by atoms with Crippen LogP contribution in [0.2, 0.25) is 0 Å². The first kappa shape index (κ1) is 23.3. The van der Waals surface area contributed by atoms with Gasteiger partial charge in [0.1, 0.15) is 5.82 Å². The highest BCUT2D eigenvalue weighted by molar-refractivity contribution is 5.97. The standard InChI is InChI=1S/C28H31N5O2/c1-3-20-14-18(2)24(27-30-26(31-32-27)23-10-13-35-17-23)15-25(20)28(34)33-11-8-22(9-12-33)21-6-4-19(16-29)5-7-21/h4-7,14-15,22-23H,3,8-13,17H2,1-2H3,(H,30,31,32). The van der Waals surface area contributed by atoms with E-state index in [1.54, 1.807) is 0 Å². The van der Waals surface area contributed by atoms with Gasteiger partial charge in [0.15, 0.2) is 5.82 Å². The lowest BCUT2D eigenvalue weighted by Gasteiger charge is -2.33. The van der Waals surface area contributed by atoms with Gasteiger partial charge in [0.2, 0.25) is 0 Å². The molecule has 7 heteroatoms. The SMILES string of the molecule is CCc1cc(C)c(-c2n[nH]c(C3CCOC3)n2)cc1C(=O)N1CCC(c2ccc(C#N)cc2)CC1. The molecule has 0 bridgehead atoms. The number of carbonyl (C=O) groups excluding carboxylic acids is 1. The van der Waals surface area contributed by atoms with E-state index in [9.17, 15) is 4.79 Å². The number of H-pyrrole nitrogens is 1. The maximum atomic E-state index is 13.6. The summed E-state index contributed by atoms with van der Waals surface area (Å²) in [5, 5.41) is 16.6. The maximum Gasteiger partial charge on any atom is 0.254 e. The molecule has 3 aromatic rings. The molecule has 180 valence electrons. The minimum atomic E-state index is 0.0846. The zero-order valence-corrected chi connectivity index (χ0v) is 20.4. The molecule has 2 aliphatic rings. The van der Waals surface area contributed by atoms with E-state index in [0.29, 0.717) is 23.9 Å². The molecule has 0 radical (unpaired) electrons. The molecule has 2 fully saturated rings. The quantitative estimate of drug-likeness (QED) is 0.582. The molecular weight excluding hydrogens is 438 g/mol. The number of benzene rings is 2. The van der Waals surface area contributed by atoms with E-state index in [4.69, 9.17) is 15.0 Å². The number of hydrogen-bond donors (Lipinski definition) is 1. The molecule has 0 aliphatic carbocycles. The van der Waals surface area contributed by atoms with Gasteiger partial charge in [-0.2, -0.15) is 10.4 Å². The van der Waals surface area contributed by atoms with Gasteiger partial charge in [-0.05, 0) is 73.4 Å². The largest absolute Gasteiger partial charge is 0.381 e. The topological polar surface area (TPSA) is 94.9 Å². The smallest absolute Gasteiger partial charge is 0.254 e. The summed E-state index contributed by atoms with van der Waals surface area (Å²) >= 11 is 0. The van der Waals surface area contributed by atoms with Crippen molar-refractivity contribution in [2.24, 2.45) is 0 Å². The van der Waals surface area contributed by atoms with Crippen molar-refractivity contribution in [3.05, 3.63) is 70.0 Å². The number of aryl methyl sites for hydroxylation is 2. The molecule has 1 N–H and O–H groups in total. The molecule has 2 aromatic carbocycles. The number of nitrogens with one attached hydrogen (secondary N) is 1. The van der Waals surface area contributed by atoms with Crippen LogP contribution in [0.5, 0.6) is 0 Å². The summed E-state index contributed by atoms with van der Waals surface area (Å²) in [6.45, 7) is 7.02. The molecule has 2 aliphatic heterocycles. The molecule has 1 unspecified atom stereocenters. The number of hydrogen-bond acceptors (Lipinski definition) is 5. The second-order valence-corrected chi connectivity index (χ2v) is 9.58. The van der Waals surface area contributed by atoms with E-state index < -0.39 is 0 Å². The lowest BCUT2D eigenvalue weighted by atomic mass is 9.88. The van der Waals surface area contributed by atoms with Crippen molar-refractivity contribution in [3.8, 4) is 17.5 Å². The monoisotopic (exact) mass is 469 g/mol. The normalized spacial score (nSPS) is 18.5. The fourth-order valence-electron chi connectivity index (χ4n) is 5.24. The Hall–Kier alpha value is -3.50. The molecule has 1 aromatic heterocycles. The van der Waals surface area contributed by atoms with Gasteiger partial charge in [0.05, 0.1) is 18.2 Å². The highest BCUT2D eigenvalue weighted by atomic mass is 16.5. The molecule has 1 atom stereocenters. The first-order valence-electron chi connectivity index (χ1n) is 12.5. The summed E-state index contributed by atoms with van der Waals surface area (Å²) in [6, 6.07) is 14.1. The number of amides is 1. The van der Waals surface area contributed by atoms with Crippen LogP contribution in [0.25, 0.3) is 11.4 Å². The first-order valence-corrected chi connectivity index (χ1v) is 12.5. The van der Waals surface area contributed by atoms with Crippen molar-refractivity contribution in [3.63, 3.8) is 0 Å². The Balaban J connectivity index is 1.34. The van der Waals surface area contributed by atoms with Crippen LogP contribution in [0.3, 0.4) is 0 Å². The maximum absolute atomic E-state index is 13.6. The van der Waals surface area contributed by atoms with Crippen LogP contribution in [-0.4, -0.2) is 52.3 Å². The second kappa shape index (κ2) is 10.0. The van der Waals surface area contributed by atoms with Crippen molar-refractivity contribution in [2.45, 2.75) is 51.4 Å². The number of aromatic nitrogens is 3. The molecule has 35 heavy (non-hydrogen) atoms. The van der Waals surface area contributed by atoms with Crippen molar-refractivity contribution in [2.75, 3.05) is 26.3 Å². The van der Waals surface area contributed by atoms with Crippen LogP contribution >= 0.6 is 0 Å². The number of nitriles is 1. The summed E-state index contributed by atoms with van der Waals surface area (Å²) in [5.41, 5.74) is 5.71. The zero-order chi connectivity index (χ0) is 24.4. The third-order valence-electron chi connectivity index (χ3n) is 7.41. The van der Waals surface area contributed by atoms with Crippen molar-refractivity contribution in [1.29, 1.82) is 5.26 Å². The lowest BCUT2D eigenvalue weighted by Crippen LogP contribution is -2.38. The highest BCUT2D eigenvalue weighted by Gasteiger charge is 2.27. The Kier molecular flexibility index (Phi) is 6.65. The van der Waals surface area contributed by atoms with Gasteiger partial charge >= 0.3 is 0 Å². The zero-order valence-electron chi connectivity index (χ0n) is 20.4. The molecule has 1 amide bonds. The number of piperidine rings is 1. The van der Waals surface area contributed by atoms with Gasteiger partial charge in [0.25, 0.3) is 5.91 Å². The van der Waals surface area contributed by atoms with Crippen molar-refractivity contribution >= 4 is 5.91 Å². The average Bonchev–Trinajstić information content (AvgIpc) is 3.61. The van der Waals surface area contributed by atoms with Crippen molar-refractivity contribution in [1.82, 2.24) is 20.1 Å². The van der Waals surface area contributed by atoms with Crippen LogP contribution < -0.4 is 0 Å². The van der Waals surface area contributed by atoms with Crippen LogP contribution in [0, 0.1) is 18.3 Å². The van der Waals surface area contributed by atoms with Gasteiger partial charge in [-0.15, -0.1) is 0 Å². The molecule has 0 saturated carbocycles. The van der Waals surface area contributed by atoms with Crippen LogP contribution in [0.1, 0.15) is 76.5 Å². The van der Waals surface area contributed by atoms with Crippen molar-refractivity contribution < 1.29 is 9.53 Å². The Labute approximate surface area is 206 Å². The molecular formula is C28H31N5O2. The van der Waals surface area contributed by atoms with Gasteiger partial charge in [-0.1, -0.05) is 25.1 Å². The lowest BCUT2D eigenvalue weighted by molar-refractivity contribution is 0.0712. The van der Waals surface area contributed by atoms with Gasteiger partial charge in [0, 0.05) is 36.7 Å². The Morgan fingerprint density at radius 1 is 1.17 bits per heavy atom. The number of nitrogens with zero attached hydrogens (tertiary/aromatic N) is 4. The van der Waals surface area contributed by atoms with E-state index in [2.05, 4.69) is 36.2 Å². The Morgan fingerprint density at radius 2 is 1.94 bits per heavy atom. The highest BCUT2D eigenvalue weighted by Crippen LogP contribution is 2.31. The fraction of sp³-hybridized carbons (Fsp3) is 0.429. The first-order chi connectivity index (χ1) is 17.1. The van der Waals surface area contributed by atoms with Crippen LogP contribution in [0.4, 0.5) is 0 Å². The fourth-order valence-corrected chi connectivity index (χ4v) is 5.24. The van der Waals surface area contributed by atoms with E-state index in [-0.39, 0.29) is 11.8 Å². The van der Waals surface area contributed by atoms with Gasteiger partial charge in [-0.3, -0.25) is 9.89 Å². The number of likely N-dealkylation sites (tertiary alicyclic amines) is 1. The second-order valence-electron chi connectivity index (χ2n) is 9.58. The summed E-state index contributed by atoms with van der Waals surface area (Å²) in [4.78, 5) is 20.4. The van der Waals surface area contributed by atoms with E-state index in [0.717, 1.165) is 73.5 Å². The van der Waals surface area contributed by atoms with E-state index in [1.165, 1.54) is 5.56 Å². The molecule has 7 nitrogen and oxygen atoms in total. The Bertz CT molecular complexity index is 1240. The number of ether oxygens (including phenoxy) is 1.